The van der Waals surface area contributed by atoms with Gasteiger partial charge in [-0.1, -0.05) is 206 Å². The molecular formula is C95H116Cl2O16. The van der Waals surface area contributed by atoms with E-state index in [1.807, 2.05) is 167 Å². The molecule has 0 aliphatic heterocycles. The lowest BCUT2D eigenvalue weighted by atomic mass is 9.78. The summed E-state index contributed by atoms with van der Waals surface area (Å²) in [6.07, 6.45) is 3.85. The third-order valence-electron chi connectivity index (χ3n) is 18.6. The van der Waals surface area contributed by atoms with Crippen LogP contribution in [0.4, 0.5) is 0 Å². The van der Waals surface area contributed by atoms with Crippen molar-refractivity contribution in [3.63, 3.8) is 0 Å². The number of rotatable bonds is 34. The van der Waals surface area contributed by atoms with Crippen molar-refractivity contribution >= 4 is 71.0 Å². The molecule has 8 aromatic rings. The molecule has 0 radical (unpaired) electrons. The molecule has 0 fully saturated rings. The van der Waals surface area contributed by atoms with E-state index in [9.17, 15) is 38.4 Å². The van der Waals surface area contributed by atoms with Crippen LogP contribution in [0.5, 0.6) is 0 Å². The summed E-state index contributed by atoms with van der Waals surface area (Å²) < 4.78 is 45.8. The first-order valence-corrected chi connectivity index (χ1v) is 40.0. The Labute approximate surface area is 680 Å². The third kappa shape index (κ3) is 33.8. The third-order valence-corrected chi connectivity index (χ3v) is 19.1. The highest BCUT2D eigenvalue weighted by Crippen LogP contribution is 2.37. The SMILES string of the molecule is CC(C)CC(CC(C)OC(=O)c1ccc(Cl)cc1)OC(=O)c1ccc(Cl)cc1.CCCC(CC)(OC(=O)c1ccccc1)C(C)C(CC)OC(=O)c1ccccc1.Cc1ccc(C(=O)OC(C)CC(CC(C)C)OC(=O)c2ccc(C)cc2)cc1.Cc1cccc(C(=O)OC(C)CC(CC(C)C)OC(=O)c2cccc(C)c2)c1. The molecule has 16 nitrogen and oxygen atoms in total. The van der Waals surface area contributed by atoms with Gasteiger partial charge in [0.2, 0.25) is 0 Å². The maximum absolute atomic E-state index is 12.8. The topological polar surface area (TPSA) is 210 Å². The molecule has 9 unspecified atom stereocenters. The minimum Gasteiger partial charge on any atom is -0.459 e. The molecular weight excluding hydrogens is 1470 g/mol. The Hall–Kier alpha value is -9.90. The van der Waals surface area contributed by atoms with Gasteiger partial charge in [-0.3, -0.25) is 0 Å². The first-order valence-electron chi connectivity index (χ1n) is 39.3. The van der Waals surface area contributed by atoms with Crippen molar-refractivity contribution in [1.29, 1.82) is 0 Å². The molecule has 9 atom stereocenters. The van der Waals surface area contributed by atoms with Gasteiger partial charge in [-0.2, -0.15) is 0 Å². The minimum atomic E-state index is -0.695. The number of hydrogen-bond donors (Lipinski definition) is 0. The van der Waals surface area contributed by atoms with Crippen LogP contribution in [0.15, 0.2) is 206 Å². The molecule has 0 bridgehead atoms. The Bertz CT molecular complexity index is 4100. The first-order chi connectivity index (χ1) is 53.7. The Kier molecular flexibility index (Phi) is 40.0. The number of ether oxygens (including phenoxy) is 8. The summed E-state index contributed by atoms with van der Waals surface area (Å²) in [5.41, 5.74) is 7.54. The molecule has 0 aromatic heterocycles. The molecule has 8 aromatic carbocycles. The predicted molar refractivity (Wildman–Crippen MR) is 447 cm³/mol. The van der Waals surface area contributed by atoms with Crippen molar-refractivity contribution in [2.24, 2.45) is 23.7 Å². The van der Waals surface area contributed by atoms with Gasteiger partial charge < -0.3 is 37.9 Å². The molecule has 0 amide bonds. The van der Waals surface area contributed by atoms with Gasteiger partial charge >= 0.3 is 47.8 Å². The van der Waals surface area contributed by atoms with E-state index in [2.05, 4.69) is 34.6 Å². The summed E-state index contributed by atoms with van der Waals surface area (Å²) in [7, 11) is 0. The Morgan fingerprint density at radius 2 is 0.593 bits per heavy atom. The Balaban J connectivity index is 0.000000269. The highest BCUT2D eigenvalue weighted by molar-refractivity contribution is 6.31. The number of hydrogen-bond acceptors (Lipinski definition) is 16. The first kappa shape index (κ1) is 93.7. The van der Waals surface area contributed by atoms with E-state index >= 15 is 0 Å². The van der Waals surface area contributed by atoms with Gasteiger partial charge in [0.1, 0.15) is 48.3 Å². The van der Waals surface area contributed by atoms with Gasteiger partial charge in [-0.25, -0.2) is 38.4 Å². The van der Waals surface area contributed by atoms with Crippen molar-refractivity contribution < 1.29 is 76.3 Å². The fourth-order valence-corrected chi connectivity index (χ4v) is 13.0. The largest absolute Gasteiger partial charge is 0.459 e. The summed E-state index contributed by atoms with van der Waals surface area (Å²) in [5.74, 6) is -2.04. The summed E-state index contributed by atoms with van der Waals surface area (Å²) in [4.78, 5) is 99.8. The molecule has 0 spiro atoms. The molecule has 0 aliphatic carbocycles. The average Bonchev–Trinajstić information content (AvgIpc) is 0.801. The van der Waals surface area contributed by atoms with Crippen LogP contribution in [-0.4, -0.2) is 96.1 Å². The normalized spacial score (nSPS) is 13.6. The second-order valence-electron chi connectivity index (χ2n) is 30.2. The van der Waals surface area contributed by atoms with Gasteiger partial charge in [-0.05, 0) is 226 Å². The number of carbonyl (C=O) groups is 8. The van der Waals surface area contributed by atoms with Gasteiger partial charge in [0, 0.05) is 35.2 Å². The van der Waals surface area contributed by atoms with Crippen LogP contribution in [0, 0.1) is 51.4 Å². The number of halogens is 2. The molecule has 0 N–H and O–H groups in total. The van der Waals surface area contributed by atoms with Crippen LogP contribution in [0.1, 0.15) is 259 Å². The zero-order valence-electron chi connectivity index (χ0n) is 68.8. The van der Waals surface area contributed by atoms with Gasteiger partial charge in [0.15, 0.2) is 0 Å². The van der Waals surface area contributed by atoms with Crippen LogP contribution in [-0.2, 0) is 37.9 Å². The second-order valence-corrected chi connectivity index (χ2v) is 31.1. The van der Waals surface area contributed by atoms with Crippen LogP contribution in [0.25, 0.3) is 0 Å². The maximum Gasteiger partial charge on any atom is 0.338 e. The fourth-order valence-electron chi connectivity index (χ4n) is 12.8. The van der Waals surface area contributed by atoms with Crippen molar-refractivity contribution in [3.8, 4) is 0 Å². The van der Waals surface area contributed by atoms with Crippen LogP contribution in [0.2, 0.25) is 10.0 Å². The Morgan fingerprint density at radius 1 is 0.310 bits per heavy atom. The van der Waals surface area contributed by atoms with E-state index in [0.717, 1.165) is 28.7 Å². The number of benzene rings is 8. The number of esters is 8. The van der Waals surface area contributed by atoms with Gasteiger partial charge in [0.25, 0.3) is 0 Å². The van der Waals surface area contributed by atoms with Crippen LogP contribution >= 0.6 is 23.2 Å². The standard InChI is InChI=1S/C25H32O4.2C24H30O4.C22H24Cl2O4/c1-5-18-25(7-3,29-24(27)21-16-12-9-13-17-21)19(4)22(6-2)28-23(26)20-14-10-8-11-15-20;1-16(2)14-22(28-24(26)21-12-8-18(4)9-13-21)15-19(5)27-23(25)20-10-6-17(3)7-11-20;1-16(2)12-22(28-24(26)21-11-7-9-18(4)14-21)15-19(5)27-23(25)20-10-6-8-17(3)13-20;1-14(2)12-20(28-22(26)17-6-10-19(24)11-7-17)13-15(3)27-21(25)16-4-8-18(23)9-5-16/h8-17,19,22H,5-7,18H2,1-4H3;6-13,16,19,22H,14-15H2,1-5H3;6-11,13-14,16,19,22H,12,15H2,1-5H3;4-11,14-15,20H,12-13H2,1-3H3. The number of aryl methyl sites for hydroxylation is 4. The van der Waals surface area contributed by atoms with Crippen molar-refractivity contribution in [1.82, 2.24) is 0 Å². The summed E-state index contributed by atoms with van der Waals surface area (Å²) in [5, 5.41) is 1.11. The van der Waals surface area contributed by atoms with Crippen molar-refractivity contribution in [2.45, 2.75) is 230 Å². The molecule has 113 heavy (non-hydrogen) atoms. The van der Waals surface area contributed by atoms with E-state index in [1.165, 1.54) is 0 Å². The highest BCUT2D eigenvalue weighted by atomic mass is 35.5. The lowest BCUT2D eigenvalue weighted by Gasteiger charge is -2.41. The Morgan fingerprint density at radius 3 is 0.903 bits per heavy atom. The molecule has 18 heteroatoms. The average molecular weight is 1580 g/mol. The lowest BCUT2D eigenvalue weighted by Crippen LogP contribution is -2.47. The molecule has 606 valence electrons. The van der Waals surface area contributed by atoms with Crippen molar-refractivity contribution in [3.05, 3.63) is 283 Å². The van der Waals surface area contributed by atoms with E-state index < -0.39 is 23.6 Å². The minimum absolute atomic E-state index is 0.141. The monoisotopic (exact) mass is 1580 g/mol. The van der Waals surface area contributed by atoms with Gasteiger partial charge in [0.05, 0.1) is 44.5 Å². The zero-order valence-corrected chi connectivity index (χ0v) is 70.4. The molecule has 0 saturated carbocycles. The van der Waals surface area contributed by atoms with E-state index in [-0.39, 0.29) is 78.4 Å². The van der Waals surface area contributed by atoms with Gasteiger partial charge in [-0.15, -0.1) is 0 Å². The predicted octanol–water partition coefficient (Wildman–Crippen LogP) is 23.3. The summed E-state index contributed by atoms with van der Waals surface area (Å²) in [6.45, 7) is 33.8. The van der Waals surface area contributed by atoms with E-state index in [0.29, 0.717) is 130 Å². The zero-order chi connectivity index (χ0) is 83.3. The van der Waals surface area contributed by atoms with Crippen LogP contribution in [0.3, 0.4) is 0 Å². The quantitative estimate of drug-likeness (QED) is 0.0271. The smallest absolute Gasteiger partial charge is 0.338 e. The fraction of sp³-hybridized carbons (Fsp3) is 0.411. The van der Waals surface area contributed by atoms with Crippen LogP contribution < -0.4 is 0 Å². The number of carbonyl (C=O) groups excluding carboxylic acids is 8. The van der Waals surface area contributed by atoms with Crippen molar-refractivity contribution in [2.75, 3.05) is 0 Å². The maximum atomic E-state index is 12.8. The second kappa shape index (κ2) is 48.2. The van der Waals surface area contributed by atoms with E-state index in [1.54, 1.807) is 122 Å². The summed E-state index contributed by atoms with van der Waals surface area (Å²) >= 11 is 11.7. The summed E-state index contributed by atoms with van der Waals surface area (Å²) in [6, 6.07) is 60.3. The highest BCUT2D eigenvalue weighted by Gasteiger charge is 2.43. The molecule has 0 aliphatic rings. The van der Waals surface area contributed by atoms with E-state index in [4.69, 9.17) is 61.1 Å². The lowest BCUT2D eigenvalue weighted by molar-refractivity contribution is -0.0928. The molecule has 0 heterocycles. The molecule has 8 rings (SSSR count). The molecule has 0 saturated heterocycles.